The molecule has 0 aromatic heterocycles. The molecule has 2 rings (SSSR count). The monoisotopic (exact) mass is 262 g/mol. The number of nitrogens with one attached hydrogen (secondary N) is 1. The first kappa shape index (κ1) is 12.3. The molecule has 1 amide bonds. The van der Waals surface area contributed by atoms with Gasteiger partial charge in [-0.25, -0.2) is 0 Å². The van der Waals surface area contributed by atoms with E-state index in [2.05, 4.69) is 5.32 Å². The smallest absolute Gasteiger partial charge is 0.255 e. The van der Waals surface area contributed by atoms with Crippen LogP contribution in [0.2, 0.25) is 5.02 Å². The number of anilines is 2. The average molecular weight is 263 g/mol. The number of amides is 1. The molecule has 0 radical (unpaired) electrons. The standard InChI is InChI=1S/C13H11ClN2O2/c14-11-6-8(4-5-12(11)17)13(18)16-10-3-1-2-9(15)7-10/h1-7,17H,15H2,(H,16,18). The second-order valence-corrected chi connectivity index (χ2v) is 4.15. The molecule has 0 saturated carbocycles. The van der Waals surface area contributed by atoms with Crippen LogP contribution in [-0.4, -0.2) is 11.0 Å². The minimum Gasteiger partial charge on any atom is -0.506 e. The summed E-state index contributed by atoms with van der Waals surface area (Å²) in [5.74, 6) is -0.375. The van der Waals surface area contributed by atoms with Gasteiger partial charge < -0.3 is 16.2 Å². The van der Waals surface area contributed by atoms with E-state index in [-0.39, 0.29) is 16.7 Å². The van der Waals surface area contributed by atoms with Crippen molar-refractivity contribution in [3.05, 3.63) is 53.1 Å². The SMILES string of the molecule is Nc1cccc(NC(=O)c2ccc(O)c(Cl)c2)c1. The van der Waals surface area contributed by atoms with Gasteiger partial charge in [0, 0.05) is 16.9 Å². The summed E-state index contributed by atoms with van der Waals surface area (Å²) in [6, 6.07) is 11.1. The lowest BCUT2D eigenvalue weighted by Gasteiger charge is -2.06. The molecule has 0 aliphatic rings. The molecule has 0 spiro atoms. The van der Waals surface area contributed by atoms with E-state index in [0.717, 1.165) is 0 Å². The summed E-state index contributed by atoms with van der Waals surface area (Å²) < 4.78 is 0. The first-order chi connectivity index (χ1) is 8.56. The maximum absolute atomic E-state index is 11.9. The molecule has 4 nitrogen and oxygen atoms in total. The van der Waals surface area contributed by atoms with E-state index in [0.29, 0.717) is 16.9 Å². The summed E-state index contributed by atoms with van der Waals surface area (Å²) in [6.45, 7) is 0. The molecule has 18 heavy (non-hydrogen) atoms. The molecule has 92 valence electrons. The third kappa shape index (κ3) is 2.73. The van der Waals surface area contributed by atoms with Crippen molar-refractivity contribution >= 4 is 28.9 Å². The molecule has 0 aliphatic heterocycles. The Hall–Kier alpha value is -2.20. The van der Waals surface area contributed by atoms with E-state index in [1.165, 1.54) is 18.2 Å². The Kier molecular flexibility index (Phi) is 3.39. The molecule has 0 unspecified atom stereocenters. The Morgan fingerprint density at radius 2 is 2.00 bits per heavy atom. The summed E-state index contributed by atoms with van der Waals surface area (Å²) in [4.78, 5) is 11.9. The molecule has 4 N–H and O–H groups in total. The summed E-state index contributed by atoms with van der Waals surface area (Å²) in [5, 5.41) is 12.1. The number of hydrogen-bond donors (Lipinski definition) is 3. The Morgan fingerprint density at radius 3 is 2.67 bits per heavy atom. The van der Waals surface area contributed by atoms with Gasteiger partial charge in [0.25, 0.3) is 5.91 Å². The van der Waals surface area contributed by atoms with E-state index in [1.807, 2.05) is 0 Å². The van der Waals surface area contributed by atoms with Gasteiger partial charge >= 0.3 is 0 Å². The van der Waals surface area contributed by atoms with Gasteiger partial charge in [0.1, 0.15) is 5.75 Å². The van der Waals surface area contributed by atoms with E-state index in [4.69, 9.17) is 17.3 Å². The molecule has 2 aromatic rings. The van der Waals surface area contributed by atoms with Gasteiger partial charge in [-0.05, 0) is 36.4 Å². The Labute approximate surface area is 109 Å². The van der Waals surface area contributed by atoms with E-state index in [1.54, 1.807) is 24.3 Å². The maximum atomic E-state index is 11.9. The van der Waals surface area contributed by atoms with Crippen LogP contribution in [0.25, 0.3) is 0 Å². The zero-order valence-corrected chi connectivity index (χ0v) is 10.1. The molecule has 5 heteroatoms. The van der Waals surface area contributed by atoms with Crippen LogP contribution in [0.3, 0.4) is 0 Å². The van der Waals surface area contributed by atoms with Crippen molar-refractivity contribution in [3.8, 4) is 5.75 Å². The first-order valence-electron chi connectivity index (χ1n) is 5.21. The number of nitrogens with two attached hydrogens (primary N) is 1. The zero-order chi connectivity index (χ0) is 13.1. The van der Waals surface area contributed by atoms with Gasteiger partial charge in [-0.2, -0.15) is 0 Å². The molecular formula is C13H11ClN2O2. The largest absolute Gasteiger partial charge is 0.506 e. The highest BCUT2D eigenvalue weighted by molar-refractivity contribution is 6.32. The third-order valence-corrected chi connectivity index (χ3v) is 2.66. The van der Waals surface area contributed by atoms with Crippen molar-refractivity contribution < 1.29 is 9.90 Å². The number of carbonyl (C=O) groups excluding carboxylic acids is 1. The number of hydrogen-bond acceptors (Lipinski definition) is 3. The highest BCUT2D eigenvalue weighted by Gasteiger charge is 2.08. The van der Waals surface area contributed by atoms with Gasteiger partial charge in [0.15, 0.2) is 0 Å². The van der Waals surface area contributed by atoms with Gasteiger partial charge in [-0.3, -0.25) is 4.79 Å². The van der Waals surface area contributed by atoms with Crippen molar-refractivity contribution in [2.75, 3.05) is 11.1 Å². The fourth-order valence-electron chi connectivity index (χ4n) is 1.47. The molecule has 0 heterocycles. The van der Waals surface area contributed by atoms with Crippen LogP contribution in [0.15, 0.2) is 42.5 Å². The molecule has 0 saturated heterocycles. The zero-order valence-electron chi connectivity index (χ0n) is 9.35. The summed E-state index contributed by atoms with van der Waals surface area (Å²) in [6.07, 6.45) is 0. The minimum atomic E-state index is -0.317. The van der Waals surface area contributed by atoms with Crippen LogP contribution < -0.4 is 11.1 Å². The Morgan fingerprint density at radius 1 is 1.22 bits per heavy atom. The summed E-state index contributed by atoms with van der Waals surface area (Å²) in [7, 11) is 0. The fraction of sp³-hybridized carbons (Fsp3) is 0. The maximum Gasteiger partial charge on any atom is 0.255 e. The topological polar surface area (TPSA) is 75.3 Å². The number of phenolic OH excluding ortho intramolecular Hbond substituents is 1. The van der Waals surface area contributed by atoms with Crippen molar-refractivity contribution in [2.45, 2.75) is 0 Å². The van der Waals surface area contributed by atoms with Crippen LogP contribution in [0.1, 0.15) is 10.4 Å². The van der Waals surface area contributed by atoms with Gasteiger partial charge in [0.2, 0.25) is 0 Å². The van der Waals surface area contributed by atoms with Gasteiger partial charge in [-0.15, -0.1) is 0 Å². The number of nitrogen functional groups attached to an aromatic ring is 1. The molecule has 0 fully saturated rings. The van der Waals surface area contributed by atoms with Crippen LogP contribution >= 0.6 is 11.6 Å². The van der Waals surface area contributed by atoms with Crippen LogP contribution in [0.4, 0.5) is 11.4 Å². The van der Waals surface area contributed by atoms with E-state index in [9.17, 15) is 9.90 Å². The lowest BCUT2D eigenvalue weighted by Crippen LogP contribution is -2.11. The number of carbonyl (C=O) groups is 1. The molecule has 0 atom stereocenters. The quantitative estimate of drug-likeness (QED) is 0.729. The highest BCUT2D eigenvalue weighted by atomic mass is 35.5. The predicted molar refractivity (Wildman–Crippen MR) is 71.9 cm³/mol. The van der Waals surface area contributed by atoms with Crippen molar-refractivity contribution in [1.29, 1.82) is 0 Å². The minimum absolute atomic E-state index is 0.0582. The lowest BCUT2D eigenvalue weighted by molar-refractivity contribution is 0.102. The number of halogens is 1. The first-order valence-corrected chi connectivity index (χ1v) is 5.59. The summed E-state index contributed by atoms with van der Waals surface area (Å²) in [5.41, 5.74) is 7.14. The van der Waals surface area contributed by atoms with Crippen molar-refractivity contribution in [2.24, 2.45) is 0 Å². The van der Waals surface area contributed by atoms with Crippen LogP contribution in [-0.2, 0) is 0 Å². The van der Waals surface area contributed by atoms with Crippen LogP contribution in [0.5, 0.6) is 5.75 Å². The molecule has 0 bridgehead atoms. The van der Waals surface area contributed by atoms with Crippen molar-refractivity contribution in [3.63, 3.8) is 0 Å². The highest BCUT2D eigenvalue weighted by Crippen LogP contribution is 2.24. The predicted octanol–water partition coefficient (Wildman–Crippen LogP) is 2.88. The van der Waals surface area contributed by atoms with Gasteiger partial charge in [-0.1, -0.05) is 17.7 Å². The van der Waals surface area contributed by atoms with Crippen molar-refractivity contribution in [1.82, 2.24) is 0 Å². The molecular weight excluding hydrogens is 252 g/mol. The molecule has 0 aliphatic carbocycles. The average Bonchev–Trinajstić information content (AvgIpc) is 2.32. The second-order valence-electron chi connectivity index (χ2n) is 3.75. The molecule has 2 aromatic carbocycles. The number of phenols is 1. The van der Waals surface area contributed by atoms with Gasteiger partial charge in [0.05, 0.1) is 5.02 Å². The second kappa shape index (κ2) is 4.98. The van der Waals surface area contributed by atoms with E-state index >= 15 is 0 Å². The van der Waals surface area contributed by atoms with E-state index < -0.39 is 0 Å². The number of rotatable bonds is 2. The Balaban J connectivity index is 2.19. The van der Waals surface area contributed by atoms with Crippen LogP contribution in [0, 0.1) is 0 Å². The number of benzene rings is 2. The summed E-state index contributed by atoms with van der Waals surface area (Å²) >= 11 is 5.74. The lowest BCUT2D eigenvalue weighted by atomic mass is 10.2. The third-order valence-electron chi connectivity index (χ3n) is 2.35. The Bertz CT molecular complexity index is 599. The normalized spacial score (nSPS) is 10.1. The number of aromatic hydroxyl groups is 1. The fourth-order valence-corrected chi connectivity index (χ4v) is 1.65.